The number of hydrogen-bond acceptors (Lipinski definition) is 9. The zero-order valence-electron chi connectivity index (χ0n) is 28.3. The number of carbonyl (C=O) groups is 3. The van der Waals surface area contributed by atoms with Crippen molar-refractivity contribution in [1.29, 1.82) is 0 Å². The van der Waals surface area contributed by atoms with Crippen LogP contribution in [0.4, 0.5) is 0 Å². The highest BCUT2D eigenvalue weighted by molar-refractivity contribution is 5.81. The first-order valence-electron chi connectivity index (χ1n) is 16.6. The maximum Gasteiger partial charge on any atom is 0.311 e. The number of carboxylic acid groups (broad SMARTS) is 1. The first-order chi connectivity index (χ1) is 23.3. The van der Waals surface area contributed by atoms with Crippen molar-refractivity contribution in [3.05, 3.63) is 71.3 Å². The number of benzene rings is 2. The van der Waals surface area contributed by atoms with E-state index in [2.05, 4.69) is 47.8 Å². The number of nitrogens with two attached hydrogens (primary N) is 1. The third-order valence-electron chi connectivity index (χ3n) is 7.51. The van der Waals surface area contributed by atoms with Gasteiger partial charge in [-0.15, -0.1) is 0 Å². The average molecular weight is 675 g/mol. The van der Waals surface area contributed by atoms with E-state index in [1.165, 1.54) is 24.0 Å². The number of carboxylic acids is 1. The minimum atomic E-state index is -0.858. The predicted octanol–water partition coefficient (Wildman–Crippen LogP) is 2.98. The molecule has 1 aliphatic rings. The summed E-state index contributed by atoms with van der Waals surface area (Å²) in [5, 5.41) is 11.6. The van der Waals surface area contributed by atoms with Crippen LogP contribution < -0.4 is 11.1 Å². The Morgan fingerprint density at radius 3 is 1.60 bits per heavy atom. The van der Waals surface area contributed by atoms with Crippen molar-refractivity contribution in [3.63, 3.8) is 0 Å². The Hall–Kier alpha value is -3.39. The summed E-state index contributed by atoms with van der Waals surface area (Å²) in [6.07, 6.45) is 6.15. The molecule has 268 valence electrons. The summed E-state index contributed by atoms with van der Waals surface area (Å²) in [6, 6.07) is 18.8. The smallest absolute Gasteiger partial charge is 0.311 e. The molecule has 48 heavy (non-hydrogen) atoms. The van der Waals surface area contributed by atoms with Crippen LogP contribution in [-0.2, 0) is 62.1 Å². The average Bonchev–Trinajstić information content (AvgIpc) is 3.88. The fourth-order valence-corrected chi connectivity index (χ4v) is 4.45. The quantitative estimate of drug-likeness (QED) is 0.120. The van der Waals surface area contributed by atoms with Crippen molar-refractivity contribution >= 4 is 17.8 Å². The summed E-state index contributed by atoms with van der Waals surface area (Å²) >= 11 is 0. The lowest BCUT2D eigenvalue weighted by Crippen LogP contribution is -2.36. The van der Waals surface area contributed by atoms with E-state index >= 15 is 0 Å². The predicted molar refractivity (Wildman–Crippen MR) is 181 cm³/mol. The highest BCUT2D eigenvalue weighted by Crippen LogP contribution is 2.45. The molecule has 1 fully saturated rings. The maximum atomic E-state index is 11.6. The summed E-state index contributed by atoms with van der Waals surface area (Å²) in [6.45, 7) is 4.73. The number of ether oxygens (including phenoxy) is 6. The Bertz CT molecular complexity index is 1140. The monoisotopic (exact) mass is 674 g/mol. The number of aliphatic carboxylic acids is 1. The standard InChI is InChI=1S/C18H33NO9.C18H21NO/c1-23-4-5-24-6-7-25-8-9-26-10-11-27-12-13-28-14-16(20)19-15-18(2-3-18)17(21)22;19-18(20)14-17-12-10-16(11-13-17)9-5-4-8-15-6-2-1-3-7-15/h2-15H2,1H3,(H,19,20)(H,21,22);1-3,6-7,10-13H,4-5,8-9,14H2,(H2,19,20). The van der Waals surface area contributed by atoms with Crippen LogP contribution in [0.2, 0.25) is 0 Å². The van der Waals surface area contributed by atoms with Gasteiger partial charge in [0.25, 0.3) is 0 Å². The molecule has 12 nitrogen and oxygen atoms in total. The normalized spacial score (nSPS) is 12.9. The van der Waals surface area contributed by atoms with Gasteiger partial charge in [0.05, 0.1) is 77.9 Å². The fourth-order valence-electron chi connectivity index (χ4n) is 4.45. The van der Waals surface area contributed by atoms with E-state index in [0.29, 0.717) is 78.7 Å². The van der Waals surface area contributed by atoms with Crippen LogP contribution in [0.1, 0.15) is 42.4 Å². The summed E-state index contributed by atoms with van der Waals surface area (Å²) < 4.78 is 31.3. The Morgan fingerprint density at radius 2 is 1.15 bits per heavy atom. The van der Waals surface area contributed by atoms with Crippen LogP contribution in [0.5, 0.6) is 0 Å². The van der Waals surface area contributed by atoms with Crippen molar-refractivity contribution in [3.8, 4) is 0 Å². The molecule has 2 amide bonds. The summed E-state index contributed by atoms with van der Waals surface area (Å²) in [5.74, 6) is -1.46. The van der Waals surface area contributed by atoms with E-state index in [1.807, 2.05) is 12.1 Å². The second kappa shape index (κ2) is 25.6. The van der Waals surface area contributed by atoms with Gasteiger partial charge in [0, 0.05) is 13.7 Å². The van der Waals surface area contributed by atoms with Gasteiger partial charge >= 0.3 is 5.97 Å². The molecule has 1 aliphatic carbocycles. The number of amides is 2. The van der Waals surface area contributed by atoms with Gasteiger partial charge in [0.1, 0.15) is 6.61 Å². The van der Waals surface area contributed by atoms with Crippen molar-refractivity contribution in [2.45, 2.75) is 44.9 Å². The number of aryl methyl sites for hydroxylation is 2. The summed E-state index contributed by atoms with van der Waals surface area (Å²) in [4.78, 5) is 33.4. The SMILES string of the molecule is COCCOCCOCCOCCOCCOCC(=O)NCC1(C(=O)O)CC1.NC(=O)Cc1ccc(CCCCc2ccccc2)cc1. The molecule has 0 saturated heterocycles. The van der Waals surface area contributed by atoms with Gasteiger partial charge in [-0.3, -0.25) is 14.4 Å². The molecular weight excluding hydrogens is 620 g/mol. The molecule has 0 unspecified atom stereocenters. The molecule has 0 spiro atoms. The third-order valence-corrected chi connectivity index (χ3v) is 7.51. The maximum absolute atomic E-state index is 11.6. The van der Waals surface area contributed by atoms with Crippen LogP contribution in [0.3, 0.4) is 0 Å². The van der Waals surface area contributed by atoms with Gasteiger partial charge in [0.15, 0.2) is 0 Å². The van der Waals surface area contributed by atoms with Gasteiger partial charge in [-0.2, -0.15) is 0 Å². The van der Waals surface area contributed by atoms with E-state index < -0.39 is 11.4 Å². The minimum Gasteiger partial charge on any atom is -0.481 e. The Kier molecular flexibility index (Phi) is 21.8. The number of primary amides is 1. The van der Waals surface area contributed by atoms with Crippen molar-refractivity contribution < 1.29 is 47.9 Å². The number of unbranched alkanes of at least 4 members (excludes halogenated alkanes) is 1. The highest BCUT2D eigenvalue weighted by atomic mass is 16.6. The molecule has 3 rings (SSSR count). The molecule has 1 saturated carbocycles. The number of rotatable bonds is 27. The summed E-state index contributed by atoms with van der Waals surface area (Å²) in [7, 11) is 1.63. The molecule has 0 aromatic heterocycles. The Morgan fingerprint density at radius 1 is 0.688 bits per heavy atom. The molecule has 4 N–H and O–H groups in total. The van der Waals surface area contributed by atoms with E-state index in [4.69, 9.17) is 39.3 Å². The van der Waals surface area contributed by atoms with Crippen molar-refractivity contribution in [2.24, 2.45) is 11.1 Å². The first-order valence-corrected chi connectivity index (χ1v) is 16.6. The van der Waals surface area contributed by atoms with Gasteiger partial charge in [0.2, 0.25) is 11.8 Å². The van der Waals surface area contributed by atoms with Gasteiger partial charge < -0.3 is 44.6 Å². The number of methoxy groups -OCH3 is 1. The fraction of sp³-hybridized carbons (Fsp3) is 0.583. The topological polar surface area (TPSA) is 165 Å². The van der Waals surface area contributed by atoms with Crippen LogP contribution in [0, 0.1) is 5.41 Å². The molecular formula is C36H54N2O10. The lowest BCUT2D eigenvalue weighted by Gasteiger charge is -2.11. The third kappa shape index (κ3) is 20.1. The van der Waals surface area contributed by atoms with Crippen LogP contribution >= 0.6 is 0 Å². The molecule has 0 radical (unpaired) electrons. The molecule has 12 heteroatoms. The first kappa shape index (κ1) is 40.8. The zero-order valence-corrected chi connectivity index (χ0v) is 28.3. The number of nitrogens with one attached hydrogen (secondary N) is 1. The molecule has 2 aromatic rings. The zero-order chi connectivity index (χ0) is 34.7. The number of carbonyl (C=O) groups excluding carboxylic acids is 2. The lowest BCUT2D eigenvalue weighted by atomic mass is 10.0. The van der Waals surface area contributed by atoms with Crippen LogP contribution in [0.15, 0.2) is 54.6 Å². The van der Waals surface area contributed by atoms with E-state index in [-0.39, 0.29) is 31.6 Å². The second-order valence-corrected chi connectivity index (χ2v) is 11.5. The molecule has 0 atom stereocenters. The molecule has 2 aromatic carbocycles. The summed E-state index contributed by atoms with van der Waals surface area (Å²) in [5.41, 5.74) is 8.14. The Labute approximate surface area is 284 Å². The van der Waals surface area contributed by atoms with Crippen molar-refractivity contribution in [2.75, 3.05) is 86.3 Å². The number of hydrogen-bond donors (Lipinski definition) is 3. The van der Waals surface area contributed by atoms with Gasteiger partial charge in [-0.25, -0.2) is 0 Å². The largest absolute Gasteiger partial charge is 0.481 e. The van der Waals surface area contributed by atoms with Crippen molar-refractivity contribution in [1.82, 2.24) is 5.32 Å². The van der Waals surface area contributed by atoms with Crippen LogP contribution in [-0.4, -0.2) is 109 Å². The lowest BCUT2D eigenvalue weighted by molar-refractivity contribution is -0.143. The Balaban J connectivity index is 0.000000351. The van der Waals surface area contributed by atoms with Crippen LogP contribution in [0.25, 0.3) is 0 Å². The molecule has 0 heterocycles. The van der Waals surface area contributed by atoms with Gasteiger partial charge in [-0.1, -0.05) is 54.6 Å². The highest BCUT2D eigenvalue weighted by Gasteiger charge is 2.50. The second-order valence-electron chi connectivity index (χ2n) is 11.5. The molecule has 0 bridgehead atoms. The van der Waals surface area contributed by atoms with E-state index in [1.54, 1.807) is 7.11 Å². The van der Waals surface area contributed by atoms with E-state index in [9.17, 15) is 14.4 Å². The van der Waals surface area contributed by atoms with E-state index in [0.717, 1.165) is 18.4 Å². The molecule has 0 aliphatic heterocycles. The van der Waals surface area contributed by atoms with Gasteiger partial charge in [-0.05, 0) is 55.2 Å². The minimum absolute atomic E-state index is 0.109.